The van der Waals surface area contributed by atoms with Crippen LogP contribution in [0.1, 0.15) is 41.3 Å². The molecule has 0 bridgehead atoms. The summed E-state index contributed by atoms with van der Waals surface area (Å²) in [5.41, 5.74) is 4.75. The van der Waals surface area contributed by atoms with Crippen molar-refractivity contribution in [1.82, 2.24) is 5.32 Å². The average Bonchev–Trinajstić information content (AvgIpc) is 3.19. The number of carbonyl (C=O) groups excluding carboxylic acids is 2. The number of amides is 1. The Morgan fingerprint density at radius 1 is 1.03 bits per heavy atom. The maximum Gasteiger partial charge on any atom is 0.227 e. The van der Waals surface area contributed by atoms with E-state index >= 15 is 0 Å². The van der Waals surface area contributed by atoms with Gasteiger partial charge in [0, 0.05) is 12.0 Å². The zero-order valence-electron chi connectivity index (χ0n) is 17.2. The van der Waals surface area contributed by atoms with Crippen LogP contribution in [0.2, 0.25) is 0 Å². The van der Waals surface area contributed by atoms with Crippen molar-refractivity contribution in [3.8, 4) is 16.9 Å². The van der Waals surface area contributed by atoms with Crippen LogP contribution in [-0.2, 0) is 11.2 Å². The molecule has 4 nitrogen and oxygen atoms in total. The Balaban J connectivity index is 1.42. The fourth-order valence-corrected chi connectivity index (χ4v) is 3.90. The van der Waals surface area contributed by atoms with Gasteiger partial charge in [0.05, 0.1) is 12.5 Å². The highest BCUT2D eigenvalue weighted by Crippen LogP contribution is 2.34. The van der Waals surface area contributed by atoms with E-state index in [-0.39, 0.29) is 23.7 Å². The van der Waals surface area contributed by atoms with E-state index in [9.17, 15) is 9.59 Å². The van der Waals surface area contributed by atoms with Crippen LogP contribution in [0, 0.1) is 0 Å². The topological polar surface area (TPSA) is 55.4 Å². The van der Waals surface area contributed by atoms with Crippen molar-refractivity contribution >= 4 is 11.7 Å². The number of hydrogen-bond donors (Lipinski definition) is 1. The predicted octanol–water partition coefficient (Wildman–Crippen LogP) is 4.78. The molecule has 152 valence electrons. The van der Waals surface area contributed by atoms with Crippen molar-refractivity contribution in [1.29, 1.82) is 0 Å². The molecule has 0 unspecified atom stereocenters. The van der Waals surface area contributed by atoms with Crippen molar-refractivity contribution in [2.45, 2.75) is 32.3 Å². The van der Waals surface area contributed by atoms with Crippen molar-refractivity contribution in [2.75, 3.05) is 6.54 Å². The maximum atomic E-state index is 12.5. The number of carbonyl (C=O) groups is 2. The first-order chi connectivity index (χ1) is 14.5. The first-order valence-electron chi connectivity index (χ1n) is 10.3. The normalized spacial score (nSPS) is 15.7. The Hall–Kier alpha value is -3.40. The summed E-state index contributed by atoms with van der Waals surface area (Å²) in [4.78, 5) is 24.5. The van der Waals surface area contributed by atoms with Gasteiger partial charge in [0.15, 0.2) is 5.78 Å². The Kier molecular flexibility index (Phi) is 5.66. The fourth-order valence-electron chi connectivity index (χ4n) is 3.90. The summed E-state index contributed by atoms with van der Waals surface area (Å²) in [6.45, 7) is 3.96. The molecule has 30 heavy (non-hydrogen) atoms. The van der Waals surface area contributed by atoms with Crippen molar-refractivity contribution in [2.24, 2.45) is 0 Å². The number of nitrogens with one attached hydrogen (secondary N) is 1. The molecule has 1 amide bonds. The highest BCUT2D eigenvalue weighted by Gasteiger charge is 2.25. The number of ketones is 1. The van der Waals surface area contributed by atoms with Gasteiger partial charge in [0.25, 0.3) is 0 Å². The Labute approximate surface area is 176 Å². The fraction of sp³-hybridized carbons (Fsp3) is 0.231. The van der Waals surface area contributed by atoms with Crippen LogP contribution in [0.4, 0.5) is 0 Å². The number of ether oxygens (including phenoxy) is 1. The van der Waals surface area contributed by atoms with E-state index in [1.165, 1.54) is 0 Å². The first-order valence-corrected chi connectivity index (χ1v) is 10.3. The highest BCUT2D eigenvalue weighted by molar-refractivity contribution is 6.00. The molecule has 0 saturated carbocycles. The third-order valence-corrected chi connectivity index (χ3v) is 5.62. The lowest BCUT2D eigenvalue weighted by Gasteiger charge is -2.15. The van der Waals surface area contributed by atoms with Gasteiger partial charge in [-0.1, -0.05) is 60.7 Å². The second kappa shape index (κ2) is 8.54. The predicted molar refractivity (Wildman–Crippen MR) is 118 cm³/mol. The molecule has 3 aromatic rings. The Bertz CT molecular complexity index is 1070. The van der Waals surface area contributed by atoms with E-state index in [1.807, 2.05) is 73.7 Å². The summed E-state index contributed by atoms with van der Waals surface area (Å²) < 4.78 is 6.03. The van der Waals surface area contributed by atoms with Crippen LogP contribution < -0.4 is 10.1 Å². The van der Waals surface area contributed by atoms with E-state index in [1.54, 1.807) is 6.92 Å². The van der Waals surface area contributed by atoms with Gasteiger partial charge in [-0.3, -0.25) is 9.59 Å². The molecule has 1 heterocycles. The lowest BCUT2D eigenvalue weighted by atomic mass is 9.95. The smallest absolute Gasteiger partial charge is 0.227 e. The summed E-state index contributed by atoms with van der Waals surface area (Å²) in [6, 6.07) is 23.4. The van der Waals surface area contributed by atoms with Gasteiger partial charge in [-0.25, -0.2) is 0 Å². The van der Waals surface area contributed by atoms with Gasteiger partial charge in [-0.15, -0.1) is 0 Å². The van der Waals surface area contributed by atoms with Crippen LogP contribution in [0.3, 0.4) is 0 Å². The van der Waals surface area contributed by atoms with Crippen LogP contribution >= 0.6 is 0 Å². The van der Waals surface area contributed by atoms with E-state index in [4.69, 9.17) is 4.74 Å². The Morgan fingerprint density at radius 3 is 2.53 bits per heavy atom. The minimum atomic E-state index is -0.204. The molecule has 0 spiro atoms. The van der Waals surface area contributed by atoms with Gasteiger partial charge in [0.1, 0.15) is 11.9 Å². The summed E-state index contributed by atoms with van der Waals surface area (Å²) in [5, 5.41) is 3.02. The molecule has 0 aromatic heterocycles. The van der Waals surface area contributed by atoms with Crippen LogP contribution in [0.5, 0.6) is 5.75 Å². The van der Waals surface area contributed by atoms with Crippen molar-refractivity contribution in [3.63, 3.8) is 0 Å². The van der Waals surface area contributed by atoms with E-state index < -0.39 is 0 Å². The van der Waals surface area contributed by atoms with E-state index in [0.29, 0.717) is 6.54 Å². The molecule has 2 atom stereocenters. The molecule has 1 N–H and O–H groups in total. The SMILES string of the molecule is CC(=O)c1ccccc1-c1ccc2c(c1)C[C@@H](CNC(=O)[C@@H](C)c1ccccc1)O2. The van der Waals surface area contributed by atoms with Crippen molar-refractivity contribution in [3.05, 3.63) is 89.5 Å². The number of benzene rings is 3. The lowest BCUT2D eigenvalue weighted by molar-refractivity contribution is -0.122. The third-order valence-electron chi connectivity index (χ3n) is 5.62. The maximum absolute atomic E-state index is 12.5. The first kappa shape index (κ1) is 19.9. The zero-order chi connectivity index (χ0) is 21.1. The molecule has 3 aromatic carbocycles. The quantitative estimate of drug-likeness (QED) is 0.607. The van der Waals surface area contributed by atoms with Gasteiger partial charge in [0.2, 0.25) is 5.91 Å². The largest absolute Gasteiger partial charge is 0.488 e. The highest BCUT2D eigenvalue weighted by atomic mass is 16.5. The molecule has 0 aliphatic carbocycles. The molecular weight excluding hydrogens is 374 g/mol. The van der Waals surface area contributed by atoms with Crippen molar-refractivity contribution < 1.29 is 14.3 Å². The van der Waals surface area contributed by atoms with E-state index in [0.717, 1.165) is 40.0 Å². The summed E-state index contributed by atoms with van der Waals surface area (Å²) in [7, 11) is 0. The number of Topliss-reactive ketones (excluding diaryl/α,β-unsaturated/α-hetero) is 1. The molecule has 1 aliphatic rings. The van der Waals surface area contributed by atoms with E-state index in [2.05, 4.69) is 11.4 Å². The monoisotopic (exact) mass is 399 g/mol. The lowest BCUT2D eigenvalue weighted by Crippen LogP contribution is -2.36. The molecule has 1 aliphatic heterocycles. The Morgan fingerprint density at radius 2 is 1.77 bits per heavy atom. The molecule has 0 radical (unpaired) electrons. The summed E-state index contributed by atoms with van der Waals surface area (Å²) >= 11 is 0. The number of hydrogen-bond acceptors (Lipinski definition) is 3. The molecule has 0 fully saturated rings. The molecule has 4 heteroatoms. The number of fused-ring (bicyclic) bond motifs is 1. The van der Waals surface area contributed by atoms with Gasteiger partial charge in [-0.05, 0) is 48.2 Å². The molecule has 4 rings (SSSR count). The zero-order valence-corrected chi connectivity index (χ0v) is 17.2. The van der Waals surface area contributed by atoms with Crippen LogP contribution in [-0.4, -0.2) is 24.3 Å². The average molecular weight is 399 g/mol. The second-order valence-corrected chi connectivity index (χ2v) is 7.75. The minimum absolute atomic E-state index is 0.00293. The van der Waals surface area contributed by atoms with Crippen LogP contribution in [0.25, 0.3) is 11.1 Å². The van der Waals surface area contributed by atoms with Gasteiger partial charge in [-0.2, -0.15) is 0 Å². The minimum Gasteiger partial charge on any atom is -0.488 e. The third kappa shape index (κ3) is 4.13. The van der Waals surface area contributed by atoms with Gasteiger partial charge < -0.3 is 10.1 Å². The van der Waals surface area contributed by atoms with Gasteiger partial charge >= 0.3 is 0 Å². The standard InChI is InChI=1S/C26H25NO3/c1-17(19-8-4-3-5-9-19)26(29)27-16-22-15-21-14-20(12-13-25(21)30-22)24-11-7-6-10-23(24)18(2)28/h3-14,17,22H,15-16H2,1-2H3,(H,27,29)/t17-,22-/m0/s1. The molecule has 0 saturated heterocycles. The summed E-state index contributed by atoms with van der Waals surface area (Å²) in [5.74, 6) is 0.686. The van der Waals surface area contributed by atoms with Crippen LogP contribution in [0.15, 0.2) is 72.8 Å². The molecular formula is C26H25NO3. The number of rotatable bonds is 6. The summed E-state index contributed by atoms with van der Waals surface area (Å²) in [6.07, 6.45) is 0.635. The second-order valence-electron chi connectivity index (χ2n) is 7.75.